The quantitative estimate of drug-likeness (QED) is 0.473. The lowest BCUT2D eigenvalue weighted by molar-refractivity contribution is -0.123. The molecule has 1 aliphatic rings. The fourth-order valence-electron chi connectivity index (χ4n) is 2.45. The Bertz CT molecular complexity index is 453. The lowest BCUT2D eigenvalue weighted by atomic mass is 9.90. The fraction of sp³-hybridized carbons (Fsp3) is 0.550. The van der Waals surface area contributed by atoms with Crippen LogP contribution in [0.4, 0.5) is 4.39 Å². The summed E-state index contributed by atoms with van der Waals surface area (Å²) in [6.07, 6.45) is 1.73. The molecule has 1 aliphatic heterocycles. The molecule has 0 unspecified atom stereocenters. The van der Waals surface area contributed by atoms with E-state index in [4.69, 9.17) is 9.47 Å². The topological polar surface area (TPSA) is 47.6 Å². The van der Waals surface area contributed by atoms with Gasteiger partial charge in [-0.05, 0) is 71.0 Å². The second-order valence-electron chi connectivity index (χ2n) is 5.37. The van der Waals surface area contributed by atoms with Crippen molar-refractivity contribution in [3.05, 3.63) is 48.8 Å². The minimum absolute atomic E-state index is 0.0370. The Morgan fingerprint density at radius 2 is 1.64 bits per heavy atom. The number of benzene rings is 1. The van der Waals surface area contributed by atoms with Gasteiger partial charge in [0.2, 0.25) is 0 Å². The molecule has 25 heavy (non-hydrogen) atoms. The molecule has 0 atom stereocenters. The van der Waals surface area contributed by atoms with Crippen LogP contribution in [-0.2, 0) is 9.47 Å². The number of hydrogen-bond donors (Lipinski definition) is 1. The third kappa shape index (κ3) is 10.1. The number of nitrogens with one attached hydrogen (secondary N) is 1. The lowest BCUT2D eigenvalue weighted by Crippen LogP contribution is -2.31. The Labute approximate surface area is 151 Å². The molecule has 1 saturated heterocycles. The van der Waals surface area contributed by atoms with Gasteiger partial charge in [-0.3, -0.25) is 4.79 Å². The second-order valence-corrected chi connectivity index (χ2v) is 5.37. The van der Waals surface area contributed by atoms with E-state index in [1.807, 2.05) is 20.8 Å². The van der Waals surface area contributed by atoms with E-state index in [0.29, 0.717) is 5.56 Å². The molecule has 1 fully saturated rings. The number of Topliss-reactive ketones (excluding diaryl/α,β-unsaturated/α-hetero) is 1. The molecular weight excluding hydrogens is 321 g/mol. The van der Waals surface area contributed by atoms with Crippen LogP contribution in [0, 0.1) is 11.7 Å². The molecule has 0 radical (unpaired) electrons. The summed E-state index contributed by atoms with van der Waals surface area (Å²) in [5.41, 5.74) is 0.628. The summed E-state index contributed by atoms with van der Waals surface area (Å²) in [6.45, 7) is 15.1. The van der Waals surface area contributed by atoms with Gasteiger partial charge in [-0.2, -0.15) is 0 Å². The first-order valence-corrected chi connectivity index (χ1v) is 8.82. The van der Waals surface area contributed by atoms with Crippen molar-refractivity contribution < 1.29 is 18.7 Å². The van der Waals surface area contributed by atoms with Crippen LogP contribution in [0.1, 0.15) is 44.0 Å². The van der Waals surface area contributed by atoms with Gasteiger partial charge < -0.3 is 14.8 Å². The van der Waals surface area contributed by atoms with Crippen LogP contribution in [0.3, 0.4) is 0 Å². The van der Waals surface area contributed by atoms with Crippen LogP contribution in [0.15, 0.2) is 37.4 Å². The van der Waals surface area contributed by atoms with Crippen molar-refractivity contribution in [2.24, 2.45) is 5.92 Å². The number of rotatable bonds is 6. The number of carbonyl (C=O) groups is 1. The van der Waals surface area contributed by atoms with E-state index in [0.717, 1.165) is 39.1 Å². The van der Waals surface area contributed by atoms with Crippen LogP contribution < -0.4 is 5.32 Å². The Kier molecular flexibility index (Phi) is 13.8. The van der Waals surface area contributed by atoms with Crippen LogP contribution in [-0.4, -0.2) is 38.4 Å². The summed E-state index contributed by atoms with van der Waals surface area (Å²) in [6, 6.07) is 5.82. The van der Waals surface area contributed by atoms with E-state index in [1.54, 1.807) is 12.1 Å². The van der Waals surface area contributed by atoms with E-state index >= 15 is 0 Å². The zero-order chi connectivity index (χ0) is 19.1. The summed E-state index contributed by atoms with van der Waals surface area (Å²) >= 11 is 0. The molecule has 0 aromatic heterocycles. The minimum Gasteiger partial charge on any atom is -0.353 e. The molecular formula is C20H32FNO3. The fourth-order valence-corrected chi connectivity index (χ4v) is 2.45. The molecule has 5 heteroatoms. The Morgan fingerprint density at radius 1 is 1.16 bits per heavy atom. The molecule has 0 bridgehead atoms. The van der Waals surface area contributed by atoms with Crippen molar-refractivity contribution >= 4 is 5.78 Å². The summed E-state index contributed by atoms with van der Waals surface area (Å²) in [7, 11) is 0. The molecule has 1 heterocycles. The molecule has 0 aliphatic carbocycles. The van der Waals surface area contributed by atoms with E-state index in [2.05, 4.69) is 18.5 Å². The number of hydrogen-bond acceptors (Lipinski definition) is 4. The largest absolute Gasteiger partial charge is 0.353 e. The van der Waals surface area contributed by atoms with Crippen molar-refractivity contribution in [2.45, 2.75) is 39.9 Å². The third-order valence-electron chi connectivity index (χ3n) is 3.64. The van der Waals surface area contributed by atoms with Crippen LogP contribution in [0.5, 0.6) is 0 Å². The average Bonchev–Trinajstić information content (AvgIpc) is 2.65. The monoisotopic (exact) mass is 353 g/mol. The normalized spacial score (nSPS) is 14.1. The van der Waals surface area contributed by atoms with Crippen molar-refractivity contribution in [3.63, 3.8) is 0 Å². The summed E-state index contributed by atoms with van der Waals surface area (Å²) < 4.78 is 22.8. The van der Waals surface area contributed by atoms with E-state index in [1.165, 1.54) is 12.1 Å². The lowest BCUT2D eigenvalue weighted by Gasteiger charge is -2.21. The summed E-state index contributed by atoms with van der Waals surface area (Å²) in [5.74, 6) is -0.0370. The van der Waals surface area contributed by atoms with E-state index < -0.39 is 0 Å². The zero-order valence-electron chi connectivity index (χ0n) is 15.7. The molecule has 1 aromatic carbocycles. The van der Waals surface area contributed by atoms with Gasteiger partial charge in [-0.25, -0.2) is 4.39 Å². The first kappa shape index (κ1) is 23.4. The highest BCUT2D eigenvalue weighted by atomic mass is 19.1. The maximum atomic E-state index is 12.7. The Hall–Kier alpha value is -1.56. The SMILES string of the molecule is C=C.CCOC(C)OCC.O=C(c1ccc(F)cc1)C1CCNCC1. The first-order chi connectivity index (χ1) is 12.1. The molecule has 0 saturated carbocycles. The van der Waals surface area contributed by atoms with Crippen LogP contribution in [0.25, 0.3) is 0 Å². The van der Waals surface area contributed by atoms with Gasteiger partial charge in [0.05, 0.1) is 0 Å². The number of piperidine rings is 1. The second kappa shape index (κ2) is 14.8. The zero-order valence-corrected chi connectivity index (χ0v) is 15.7. The van der Waals surface area contributed by atoms with Gasteiger partial charge in [-0.15, -0.1) is 13.2 Å². The van der Waals surface area contributed by atoms with Gasteiger partial charge in [0.15, 0.2) is 12.1 Å². The Balaban J connectivity index is 0.000000493. The molecule has 4 nitrogen and oxygen atoms in total. The maximum Gasteiger partial charge on any atom is 0.166 e. The maximum absolute atomic E-state index is 12.7. The van der Waals surface area contributed by atoms with Gasteiger partial charge in [-0.1, -0.05) is 0 Å². The first-order valence-electron chi connectivity index (χ1n) is 8.82. The van der Waals surface area contributed by atoms with Crippen molar-refractivity contribution in [1.29, 1.82) is 0 Å². The highest BCUT2D eigenvalue weighted by Gasteiger charge is 2.21. The van der Waals surface area contributed by atoms with Crippen molar-refractivity contribution in [2.75, 3.05) is 26.3 Å². The van der Waals surface area contributed by atoms with E-state index in [-0.39, 0.29) is 23.8 Å². The molecule has 1 N–H and O–H groups in total. The Morgan fingerprint density at radius 3 is 2.08 bits per heavy atom. The molecule has 2 rings (SSSR count). The number of carbonyl (C=O) groups excluding carboxylic acids is 1. The molecule has 0 amide bonds. The highest BCUT2D eigenvalue weighted by molar-refractivity contribution is 5.97. The van der Waals surface area contributed by atoms with Gasteiger partial charge >= 0.3 is 0 Å². The number of ketones is 1. The van der Waals surface area contributed by atoms with Gasteiger partial charge in [0.25, 0.3) is 0 Å². The number of ether oxygens (including phenoxy) is 2. The van der Waals surface area contributed by atoms with Crippen molar-refractivity contribution in [3.8, 4) is 0 Å². The molecule has 1 aromatic rings. The minimum atomic E-state index is -0.295. The summed E-state index contributed by atoms with van der Waals surface area (Å²) in [5, 5.41) is 3.22. The standard InChI is InChI=1S/C12H14FNO.C6H14O2.C2H4/c13-11-3-1-9(2-4-11)12(15)10-5-7-14-8-6-10;1-4-7-6(3)8-5-2;1-2/h1-4,10,14H,5-8H2;6H,4-5H2,1-3H3;1-2H2. The molecule has 0 spiro atoms. The third-order valence-corrected chi connectivity index (χ3v) is 3.64. The molecule has 142 valence electrons. The van der Waals surface area contributed by atoms with E-state index in [9.17, 15) is 9.18 Å². The van der Waals surface area contributed by atoms with Crippen LogP contribution >= 0.6 is 0 Å². The summed E-state index contributed by atoms with van der Waals surface area (Å²) in [4.78, 5) is 12.0. The average molecular weight is 353 g/mol. The smallest absolute Gasteiger partial charge is 0.166 e. The van der Waals surface area contributed by atoms with Gasteiger partial charge in [0.1, 0.15) is 5.82 Å². The highest BCUT2D eigenvalue weighted by Crippen LogP contribution is 2.18. The number of halogens is 1. The predicted octanol–water partition coefficient (Wildman–Crippen LogP) is 4.22. The van der Waals surface area contributed by atoms with Gasteiger partial charge in [0, 0.05) is 24.7 Å². The van der Waals surface area contributed by atoms with Crippen LogP contribution in [0.2, 0.25) is 0 Å². The van der Waals surface area contributed by atoms with Crippen molar-refractivity contribution in [1.82, 2.24) is 5.32 Å². The predicted molar refractivity (Wildman–Crippen MR) is 100 cm³/mol.